The lowest BCUT2D eigenvalue weighted by molar-refractivity contribution is 0.529. The van der Waals surface area contributed by atoms with E-state index < -0.39 is 6.04 Å². The van der Waals surface area contributed by atoms with Crippen LogP contribution in [-0.4, -0.2) is 6.54 Å². The Kier molecular flexibility index (Phi) is 4.66. The van der Waals surface area contributed by atoms with Gasteiger partial charge >= 0.3 is 0 Å². The van der Waals surface area contributed by atoms with Crippen molar-refractivity contribution in [2.75, 3.05) is 6.54 Å². The summed E-state index contributed by atoms with van der Waals surface area (Å²) >= 11 is 3.34. The fourth-order valence-electron chi connectivity index (χ4n) is 2.07. The highest BCUT2D eigenvalue weighted by Crippen LogP contribution is 2.31. The van der Waals surface area contributed by atoms with Crippen molar-refractivity contribution >= 4 is 15.9 Å². The summed E-state index contributed by atoms with van der Waals surface area (Å²) in [6.45, 7) is 2.52. The first-order valence-corrected chi connectivity index (χ1v) is 6.86. The zero-order chi connectivity index (χ0) is 13.8. The summed E-state index contributed by atoms with van der Waals surface area (Å²) in [5, 5.41) is 3.13. The SMILES string of the molecule is CCNC(c1ccccc1F)c1c(F)cccc1Br. The summed E-state index contributed by atoms with van der Waals surface area (Å²) < 4.78 is 28.6. The molecule has 0 radical (unpaired) electrons. The van der Waals surface area contributed by atoms with Crippen molar-refractivity contribution in [1.29, 1.82) is 0 Å². The maximum atomic E-state index is 14.0. The smallest absolute Gasteiger partial charge is 0.129 e. The first-order chi connectivity index (χ1) is 9.15. The summed E-state index contributed by atoms with van der Waals surface area (Å²) in [6, 6.07) is 10.7. The van der Waals surface area contributed by atoms with Gasteiger partial charge < -0.3 is 5.32 Å². The van der Waals surface area contributed by atoms with Gasteiger partial charge in [-0.1, -0.05) is 47.1 Å². The highest BCUT2D eigenvalue weighted by Gasteiger charge is 2.22. The lowest BCUT2D eigenvalue weighted by Crippen LogP contribution is -2.24. The Bertz CT molecular complexity index is 552. The normalized spacial score (nSPS) is 12.4. The number of rotatable bonds is 4. The first kappa shape index (κ1) is 14.2. The van der Waals surface area contributed by atoms with Crippen molar-refractivity contribution in [3.05, 3.63) is 69.7 Å². The molecule has 1 nitrogen and oxygen atoms in total. The molecular formula is C15H14BrF2N. The minimum atomic E-state index is -0.512. The van der Waals surface area contributed by atoms with Crippen LogP contribution in [0.1, 0.15) is 24.1 Å². The van der Waals surface area contributed by atoms with Gasteiger partial charge in [0.05, 0.1) is 6.04 Å². The van der Waals surface area contributed by atoms with Gasteiger partial charge in [-0.15, -0.1) is 0 Å². The van der Waals surface area contributed by atoms with Crippen LogP contribution in [0, 0.1) is 11.6 Å². The molecule has 2 rings (SSSR count). The van der Waals surface area contributed by atoms with E-state index in [1.54, 1.807) is 30.3 Å². The van der Waals surface area contributed by atoms with Crippen LogP contribution in [0.5, 0.6) is 0 Å². The van der Waals surface area contributed by atoms with E-state index in [4.69, 9.17) is 0 Å². The van der Waals surface area contributed by atoms with Gasteiger partial charge in [-0.3, -0.25) is 0 Å². The summed E-state index contributed by atoms with van der Waals surface area (Å²) in [5.41, 5.74) is 0.865. The molecule has 1 unspecified atom stereocenters. The van der Waals surface area contributed by atoms with E-state index in [9.17, 15) is 8.78 Å². The zero-order valence-corrected chi connectivity index (χ0v) is 12.0. The third kappa shape index (κ3) is 3.01. The molecule has 0 aliphatic carbocycles. The number of hydrogen-bond acceptors (Lipinski definition) is 1. The molecule has 0 spiro atoms. The first-order valence-electron chi connectivity index (χ1n) is 6.06. The average Bonchev–Trinajstić information content (AvgIpc) is 2.38. The molecule has 4 heteroatoms. The van der Waals surface area contributed by atoms with Crippen molar-refractivity contribution in [1.82, 2.24) is 5.32 Å². The van der Waals surface area contributed by atoms with Gasteiger partial charge in [0.1, 0.15) is 11.6 Å². The summed E-state index contributed by atoms with van der Waals surface area (Å²) in [7, 11) is 0. The van der Waals surface area contributed by atoms with Gasteiger partial charge in [0, 0.05) is 15.6 Å². The minimum Gasteiger partial charge on any atom is -0.306 e. The second-order valence-corrected chi connectivity index (χ2v) is 5.00. The van der Waals surface area contributed by atoms with Crippen molar-refractivity contribution < 1.29 is 8.78 Å². The molecule has 0 aromatic heterocycles. The summed E-state index contributed by atoms with van der Waals surface area (Å²) in [6.07, 6.45) is 0. The van der Waals surface area contributed by atoms with E-state index in [1.165, 1.54) is 12.1 Å². The molecule has 1 N–H and O–H groups in total. The van der Waals surface area contributed by atoms with E-state index >= 15 is 0 Å². The largest absolute Gasteiger partial charge is 0.306 e. The molecule has 0 aliphatic heterocycles. The Morgan fingerprint density at radius 2 is 1.74 bits per heavy atom. The van der Waals surface area contributed by atoms with Gasteiger partial charge in [0.15, 0.2) is 0 Å². The highest BCUT2D eigenvalue weighted by molar-refractivity contribution is 9.10. The summed E-state index contributed by atoms with van der Waals surface area (Å²) in [4.78, 5) is 0. The Balaban J connectivity index is 2.55. The quantitative estimate of drug-likeness (QED) is 0.877. The molecule has 0 heterocycles. The molecule has 0 saturated heterocycles. The third-order valence-electron chi connectivity index (χ3n) is 2.91. The van der Waals surface area contributed by atoms with Crippen LogP contribution in [0.2, 0.25) is 0 Å². The summed E-state index contributed by atoms with van der Waals surface area (Å²) in [5.74, 6) is -0.702. The van der Waals surface area contributed by atoms with E-state index in [0.29, 0.717) is 22.1 Å². The predicted molar refractivity (Wildman–Crippen MR) is 76.0 cm³/mol. The molecule has 0 amide bonds. The second kappa shape index (κ2) is 6.26. The van der Waals surface area contributed by atoms with E-state index in [0.717, 1.165) is 0 Å². The lowest BCUT2D eigenvalue weighted by atomic mass is 9.97. The molecule has 0 saturated carbocycles. The fourth-order valence-corrected chi connectivity index (χ4v) is 2.64. The standard InChI is InChI=1S/C15H14BrF2N/c1-2-19-15(10-6-3-4-8-12(10)17)14-11(16)7-5-9-13(14)18/h3-9,15,19H,2H2,1H3. The molecule has 0 aliphatic rings. The Morgan fingerprint density at radius 3 is 2.37 bits per heavy atom. The molecule has 2 aromatic rings. The Labute approximate surface area is 119 Å². The molecule has 1 atom stereocenters. The van der Waals surface area contributed by atoms with Crippen LogP contribution >= 0.6 is 15.9 Å². The van der Waals surface area contributed by atoms with Crippen molar-refractivity contribution in [2.45, 2.75) is 13.0 Å². The van der Waals surface area contributed by atoms with Gasteiger partial charge in [0.2, 0.25) is 0 Å². The van der Waals surface area contributed by atoms with Crippen molar-refractivity contribution in [3.63, 3.8) is 0 Å². The Morgan fingerprint density at radius 1 is 1.05 bits per heavy atom. The van der Waals surface area contributed by atoms with Crippen molar-refractivity contribution in [3.8, 4) is 0 Å². The molecule has 2 aromatic carbocycles. The third-order valence-corrected chi connectivity index (χ3v) is 3.60. The number of halogens is 3. The Hall–Kier alpha value is -1.26. The maximum absolute atomic E-state index is 14.0. The van der Waals surface area contributed by atoms with E-state index in [1.807, 2.05) is 6.92 Å². The molecule has 19 heavy (non-hydrogen) atoms. The minimum absolute atomic E-state index is 0.344. The lowest BCUT2D eigenvalue weighted by Gasteiger charge is -2.21. The van der Waals surface area contributed by atoms with Crippen LogP contribution in [0.25, 0.3) is 0 Å². The fraction of sp³-hybridized carbons (Fsp3) is 0.200. The van der Waals surface area contributed by atoms with Crippen LogP contribution < -0.4 is 5.32 Å². The van der Waals surface area contributed by atoms with Gasteiger partial charge in [-0.2, -0.15) is 0 Å². The van der Waals surface area contributed by atoms with Crippen LogP contribution in [0.4, 0.5) is 8.78 Å². The van der Waals surface area contributed by atoms with Crippen LogP contribution in [0.3, 0.4) is 0 Å². The molecule has 0 bridgehead atoms. The van der Waals surface area contributed by atoms with Crippen LogP contribution in [-0.2, 0) is 0 Å². The van der Waals surface area contributed by atoms with E-state index in [2.05, 4.69) is 21.2 Å². The zero-order valence-electron chi connectivity index (χ0n) is 10.5. The highest BCUT2D eigenvalue weighted by atomic mass is 79.9. The predicted octanol–water partition coefficient (Wildman–Crippen LogP) is 4.43. The second-order valence-electron chi connectivity index (χ2n) is 4.15. The molecule has 0 fully saturated rings. The molecule has 100 valence electrons. The van der Waals surface area contributed by atoms with Gasteiger partial charge in [0.25, 0.3) is 0 Å². The molecular weight excluding hydrogens is 312 g/mol. The van der Waals surface area contributed by atoms with Crippen LogP contribution in [0.15, 0.2) is 46.9 Å². The monoisotopic (exact) mass is 325 g/mol. The number of hydrogen-bond donors (Lipinski definition) is 1. The van der Waals surface area contributed by atoms with Gasteiger partial charge in [-0.25, -0.2) is 8.78 Å². The topological polar surface area (TPSA) is 12.0 Å². The average molecular weight is 326 g/mol. The maximum Gasteiger partial charge on any atom is 0.129 e. The van der Waals surface area contributed by atoms with Gasteiger partial charge in [-0.05, 0) is 24.7 Å². The number of nitrogens with one attached hydrogen (secondary N) is 1. The number of benzene rings is 2. The van der Waals surface area contributed by atoms with Crippen molar-refractivity contribution in [2.24, 2.45) is 0 Å². The van der Waals surface area contributed by atoms with E-state index in [-0.39, 0.29) is 11.6 Å².